The first-order valence-electron chi connectivity index (χ1n) is 7.79. The standard InChI is InChI=1S/C15H30N2O4/c1-15(2,3)21-14(19)17-7-4-13(5-8-17)12-16-6-10-20-11-9-18/h13,16,18H,4-12H2,1-3H3. The third-order valence-corrected chi connectivity index (χ3v) is 3.36. The van der Waals surface area contributed by atoms with Crippen molar-refractivity contribution in [1.82, 2.24) is 10.2 Å². The minimum Gasteiger partial charge on any atom is -0.444 e. The molecule has 124 valence electrons. The minimum absolute atomic E-state index is 0.0725. The van der Waals surface area contributed by atoms with Crippen LogP contribution >= 0.6 is 0 Å². The van der Waals surface area contributed by atoms with Gasteiger partial charge in [-0.3, -0.25) is 0 Å². The van der Waals surface area contributed by atoms with Gasteiger partial charge in [-0.2, -0.15) is 0 Å². The molecule has 6 nitrogen and oxygen atoms in total. The summed E-state index contributed by atoms with van der Waals surface area (Å²) in [6, 6.07) is 0. The van der Waals surface area contributed by atoms with E-state index in [0.717, 1.165) is 39.0 Å². The molecule has 0 aromatic heterocycles. The number of piperidine rings is 1. The fourth-order valence-electron chi connectivity index (χ4n) is 2.26. The number of amides is 1. The zero-order valence-corrected chi connectivity index (χ0v) is 13.6. The summed E-state index contributed by atoms with van der Waals surface area (Å²) in [7, 11) is 0. The number of nitrogens with one attached hydrogen (secondary N) is 1. The number of carbonyl (C=O) groups excluding carboxylic acids is 1. The zero-order valence-electron chi connectivity index (χ0n) is 13.6. The molecule has 0 radical (unpaired) electrons. The molecule has 2 N–H and O–H groups in total. The van der Waals surface area contributed by atoms with Gasteiger partial charge < -0.3 is 24.8 Å². The summed E-state index contributed by atoms with van der Waals surface area (Å²) in [4.78, 5) is 13.7. The Balaban J connectivity index is 2.10. The number of aliphatic hydroxyl groups excluding tert-OH is 1. The maximum absolute atomic E-state index is 11.9. The van der Waals surface area contributed by atoms with Crippen LogP contribution in [0.4, 0.5) is 4.79 Å². The molecule has 1 saturated heterocycles. The molecule has 6 heteroatoms. The highest BCUT2D eigenvalue weighted by Gasteiger charge is 2.26. The normalized spacial score (nSPS) is 17.0. The van der Waals surface area contributed by atoms with Crippen LogP contribution in [-0.4, -0.2) is 67.7 Å². The second kappa shape index (κ2) is 9.23. The zero-order chi connectivity index (χ0) is 15.7. The van der Waals surface area contributed by atoms with Crippen LogP contribution in [0.1, 0.15) is 33.6 Å². The molecule has 0 saturated carbocycles. The predicted octanol–water partition coefficient (Wildman–Crippen LogP) is 1.23. The van der Waals surface area contributed by atoms with E-state index in [1.165, 1.54) is 0 Å². The summed E-state index contributed by atoms with van der Waals surface area (Å²) in [6.45, 7) is 10.0. The summed E-state index contributed by atoms with van der Waals surface area (Å²) >= 11 is 0. The summed E-state index contributed by atoms with van der Waals surface area (Å²) in [5, 5.41) is 11.9. The maximum atomic E-state index is 11.9. The van der Waals surface area contributed by atoms with Crippen molar-refractivity contribution in [3.63, 3.8) is 0 Å². The van der Waals surface area contributed by atoms with E-state index in [1.54, 1.807) is 4.90 Å². The van der Waals surface area contributed by atoms with E-state index in [4.69, 9.17) is 14.6 Å². The number of ether oxygens (including phenoxy) is 2. The molecule has 0 bridgehead atoms. The molecule has 1 amide bonds. The molecule has 0 aliphatic carbocycles. The van der Waals surface area contributed by atoms with Crippen molar-refractivity contribution in [2.45, 2.75) is 39.2 Å². The molecular weight excluding hydrogens is 272 g/mol. The van der Waals surface area contributed by atoms with Gasteiger partial charge in [-0.05, 0) is 46.1 Å². The van der Waals surface area contributed by atoms with Gasteiger partial charge in [-0.25, -0.2) is 4.79 Å². The Bertz CT molecular complexity index is 297. The van der Waals surface area contributed by atoms with Gasteiger partial charge in [0, 0.05) is 19.6 Å². The number of aliphatic hydroxyl groups is 1. The lowest BCUT2D eigenvalue weighted by molar-refractivity contribution is 0.0183. The van der Waals surface area contributed by atoms with E-state index in [-0.39, 0.29) is 12.7 Å². The molecule has 1 heterocycles. The average molecular weight is 302 g/mol. The van der Waals surface area contributed by atoms with Crippen LogP contribution in [0.5, 0.6) is 0 Å². The van der Waals surface area contributed by atoms with Gasteiger partial charge in [0.2, 0.25) is 0 Å². The Morgan fingerprint density at radius 2 is 1.95 bits per heavy atom. The number of likely N-dealkylation sites (tertiary alicyclic amines) is 1. The number of rotatable bonds is 7. The average Bonchev–Trinajstić information content (AvgIpc) is 2.41. The van der Waals surface area contributed by atoms with Gasteiger partial charge in [-0.15, -0.1) is 0 Å². The van der Waals surface area contributed by atoms with Crippen LogP contribution in [-0.2, 0) is 9.47 Å². The van der Waals surface area contributed by atoms with Crippen molar-refractivity contribution >= 4 is 6.09 Å². The van der Waals surface area contributed by atoms with Gasteiger partial charge in [-0.1, -0.05) is 0 Å². The quantitative estimate of drug-likeness (QED) is 0.692. The van der Waals surface area contributed by atoms with Crippen LogP contribution in [0, 0.1) is 5.92 Å². The van der Waals surface area contributed by atoms with Gasteiger partial charge in [0.1, 0.15) is 5.60 Å². The molecule has 0 aromatic carbocycles. The molecule has 1 aliphatic heterocycles. The van der Waals surface area contributed by atoms with Crippen molar-refractivity contribution in [1.29, 1.82) is 0 Å². The van der Waals surface area contributed by atoms with Crippen LogP contribution < -0.4 is 5.32 Å². The van der Waals surface area contributed by atoms with Gasteiger partial charge in [0.05, 0.1) is 19.8 Å². The molecular formula is C15H30N2O4. The Morgan fingerprint density at radius 3 is 2.52 bits per heavy atom. The molecule has 0 atom stereocenters. The minimum atomic E-state index is -0.427. The molecule has 0 unspecified atom stereocenters. The Kier molecular flexibility index (Phi) is 8.00. The van der Waals surface area contributed by atoms with Crippen molar-refractivity contribution in [2.24, 2.45) is 5.92 Å². The second-order valence-electron chi connectivity index (χ2n) is 6.45. The van der Waals surface area contributed by atoms with Gasteiger partial charge in [0.15, 0.2) is 0 Å². The first-order valence-corrected chi connectivity index (χ1v) is 7.79. The summed E-state index contributed by atoms with van der Waals surface area (Å²) in [5.74, 6) is 0.599. The number of hydrogen-bond acceptors (Lipinski definition) is 5. The van der Waals surface area contributed by atoms with E-state index in [0.29, 0.717) is 19.1 Å². The highest BCUT2D eigenvalue weighted by molar-refractivity contribution is 5.68. The molecule has 1 rings (SSSR count). The Hall–Kier alpha value is -0.850. The van der Waals surface area contributed by atoms with Crippen LogP contribution in [0.2, 0.25) is 0 Å². The number of nitrogens with zero attached hydrogens (tertiary/aromatic N) is 1. The van der Waals surface area contributed by atoms with Crippen molar-refractivity contribution < 1.29 is 19.4 Å². The summed E-state index contributed by atoms with van der Waals surface area (Å²) in [6.07, 6.45) is 1.80. The maximum Gasteiger partial charge on any atom is 0.410 e. The topological polar surface area (TPSA) is 71.0 Å². The van der Waals surface area contributed by atoms with E-state index < -0.39 is 5.60 Å². The third kappa shape index (κ3) is 8.24. The lowest BCUT2D eigenvalue weighted by Crippen LogP contribution is -2.43. The number of hydrogen-bond donors (Lipinski definition) is 2. The van der Waals surface area contributed by atoms with E-state index in [1.807, 2.05) is 20.8 Å². The van der Waals surface area contributed by atoms with Crippen LogP contribution in [0.25, 0.3) is 0 Å². The summed E-state index contributed by atoms with van der Waals surface area (Å²) < 4.78 is 10.6. The molecule has 21 heavy (non-hydrogen) atoms. The van der Waals surface area contributed by atoms with E-state index >= 15 is 0 Å². The molecule has 0 aromatic rings. The monoisotopic (exact) mass is 302 g/mol. The fraction of sp³-hybridized carbons (Fsp3) is 0.933. The first kappa shape index (κ1) is 18.2. The second-order valence-corrected chi connectivity index (χ2v) is 6.45. The summed E-state index contributed by atoms with van der Waals surface area (Å²) in [5.41, 5.74) is -0.427. The molecule has 1 fully saturated rings. The van der Waals surface area contributed by atoms with Crippen LogP contribution in [0.15, 0.2) is 0 Å². The SMILES string of the molecule is CC(C)(C)OC(=O)N1CCC(CNCCOCCO)CC1. The first-order chi connectivity index (χ1) is 9.92. The lowest BCUT2D eigenvalue weighted by Gasteiger charge is -2.33. The molecule has 1 aliphatic rings. The highest BCUT2D eigenvalue weighted by Crippen LogP contribution is 2.19. The molecule has 0 spiro atoms. The van der Waals surface area contributed by atoms with Crippen molar-refractivity contribution in [3.8, 4) is 0 Å². The smallest absolute Gasteiger partial charge is 0.410 e. The van der Waals surface area contributed by atoms with Crippen molar-refractivity contribution in [2.75, 3.05) is 46.0 Å². The van der Waals surface area contributed by atoms with Crippen molar-refractivity contribution in [3.05, 3.63) is 0 Å². The largest absolute Gasteiger partial charge is 0.444 e. The Labute approximate surface area is 127 Å². The lowest BCUT2D eigenvalue weighted by atomic mass is 9.97. The highest BCUT2D eigenvalue weighted by atomic mass is 16.6. The van der Waals surface area contributed by atoms with Gasteiger partial charge in [0.25, 0.3) is 0 Å². The van der Waals surface area contributed by atoms with E-state index in [2.05, 4.69) is 5.32 Å². The number of carbonyl (C=O) groups is 1. The predicted molar refractivity (Wildman–Crippen MR) is 81.3 cm³/mol. The van der Waals surface area contributed by atoms with Gasteiger partial charge >= 0.3 is 6.09 Å². The Morgan fingerprint density at radius 1 is 1.29 bits per heavy atom. The fourth-order valence-corrected chi connectivity index (χ4v) is 2.26. The van der Waals surface area contributed by atoms with E-state index in [9.17, 15) is 4.79 Å². The third-order valence-electron chi connectivity index (χ3n) is 3.36. The van der Waals surface area contributed by atoms with Crippen LogP contribution in [0.3, 0.4) is 0 Å².